The van der Waals surface area contributed by atoms with Crippen LogP contribution in [0.1, 0.15) is 24.5 Å². The molecule has 0 amide bonds. The maximum absolute atomic E-state index is 11.5. The number of hydrogen-bond acceptors (Lipinski definition) is 4. The van der Waals surface area contributed by atoms with Crippen molar-refractivity contribution in [2.75, 3.05) is 20.8 Å². The largest absolute Gasteiger partial charge is 0.496 e. The Hall–Kier alpha value is -1.55. The monoisotopic (exact) mass is 251 g/mol. The molecule has 4 heteroatoms. The number of aryl methyl sites for hydroxylation is 1. The molecule has 100 valence electrons. The van der Waals surface area contributed by atoms with Gasteiger partial charge < -0.3 is 15.2 Å². The zero-order chi connectivity index (χ0) is 13.8. The van der Waals surface area contributed by atoms with Gasteiger partial charge in [0.2, 0.25) is 0 Å². The topological polar surface area (TPSA) is 61.5 Å². The molecular formula is C14H21NO3. The molecule has 0 heterocycles. The van der Waals surface area contributed by atoms with E-state index >= 15 is 0 Å². The molecule has 0 bridgehead atoms. The highest BCUT2D eigenvalue weighted by atomic mass is 16.5. The summed E-state index contributed by atoms with van der Waals surface area (Å²) in [4.78, 5) is 11.5. The Morgan fingerprint density at radius 2 is 2.06 bits per heavy atom. The van der Waals surface area contributed by atoms with Crippen molar-refractivity contribution in [1.29, 1.82) is 0 Å². The Balaban J connectivity index is 3.21. The summed E-state index contributed by atoms with van der Waals surface area (Å²) in [6.45, 7) is 4.29. The minimum Gasteiger partial charge on any atom is -0.496 e. The van der Waals surface area contributed by atoms with Crippen LogP contribution in [0.5, 0.6) is 5.75 Å². The van der Waals surface area contributed by atoms with Gasteiger partial charge in [-0.2, -0.15) is 0 Å². The number of carbonyl (C=O) groups is 1. The Kier molecular flexibility index (Phi) is 4.73. The average Bonchev–Trinajstić information content (AvgIpc) is 2.38. The summed E-state index contributed by atoms with van der Waals surface area (Å²) in [5.41, 5.74) is 7.42. The minimum atomic E-state index is -0.482. The highest BCUT2D eigenvalue weighted by Gasteiger charge is 2.31. The fraction of sp³-hybridized carbons (Fsp3) is 0.500. The number of ether oxygens (including phenoxy) is 2. The first kappa shape index (κ1) is 14.5. The second-order valence-corrected chi connectivity index (χ2v) is 4.72. The van der Waals surface area contributed by atoms with Gasteiger partial charge in [0.1, 0.15) is 5.75 Å². The number of hydrogen-bond donors (Lipinski definition) is 1. The molecule has 0 spiro atoms. The van der Waals surface area contributed by atoms with E-state index in [1.54, 1.807) is 7.11 Å². The molecule has 2 N–H and O–H groups in total. The van der Waals surface area contributed by atoms with Crippen molar-refractivity contribution >= 4 is 5.97 Å². The molecule has 1 atom stereocenters. The van der Waals surface area contributed by atoms with E-state index < -0.39 is 5.41 Å². The van der Waals surface area contributed by atoms with E-state index in [4.69, 9.17) is 15.2 Å². The van der Waals surface area contributed by atoms with Crippen LogP contribution in [0.4, 0.5) is 0 Å². The molecule has 0 fully saturated rings. The third-order valence-corrected chi connectivity index (χ3v) is 3.22. The maximum atomic E-state index is 11.5. The molecule has 0 aliphatic heterocycles. The lowest BCUT2D eigenvalue weighted by Crippen LogP contribution is -2.35. The zero-order valence-electron chi connectivity index (χ0n) is 11.4. The van der Waals surface area contributed by atoms with Crippen LogP contribution in [-0.2, 0) is 14.9 Å². The first-order chi connectivity index (χ1) is 8.46. The number of carbonyl (C=O) groups excluding carboxylic acids is 1. The normalized spacial score (nSPS) is 13.8. The van der Waals surface area contributed by atoms with E-state index in [0.717, 1.165) is 16.9 Å². The summed E-state index contributed by atoms with van der Waals surface area (Å²) in [6, 6.07) is 5.88. The fourth-order valence-electron chi connectivity index (χ4n) is 1.96. The molecule has 0 aliphatic carbocycles. The van der Waals surface area contributed by atoms with Crippen molar-refractivity contribution in [3.8, 4) is 5.75 Å². The molecule has 0 saturated heterocycles. The first-order valence-electron chi connectivity index (χ1n) is 5.89. The molecule has 0 aromatic heterocycles. The number of methoxy groups -OCH3 is 2. The van der Waals surface area contributed by atoms with Crippen LogP contribution in [-0.4, -0.2) is 26.7 Å². The van der Waals surface area contributed by atoms with Gasteiger partial charge in [-0.1, -0.05) is 24.6 Å². The van der Waals surface area contributed by atoms with Gasteiger partial charge in [0, 0.05) is 17.5 Å². The predicted octanol–water partition coefficient (Wildman–Crippen LogP) is 1.78. The van der Waals surface area contributed by atoms with Crippen LogP contribution in [0, 0.1) is 6.92 Å². The lowest BCUT2D eigenvalue weighted by Gasteiger charge is -2.29. The second kappa shape index (κ2) is 5.87. The van der Waals surface area contributed by atoms with Gasteiger partial charge in [-0.05, 0) is 13.0 Å². The van der Waals surface area contributed by atoms with Gasteiger partial charge in [0.25, 0.3) is 0 Å². The van der Waals surface area contributed by atoms with E-state index in [0.29, 0.717) is 6.54 Å². The van der Waals surface area contributed by atoms with Crippen molar-refractivity contribution < 1.29 is 14.3 Å². The van der Waals surface area contributed by atoms with E-state index in [-0.39, 0.29) is 12.4 Å². The molecule has 1 unspecified atom stereocenters. The number of rotatable bonds is 5. The van der Waals surface area contributed by atoms with Crippen molar-refractivity contribution in [2.24, 2.45) is 5.73 Å². The van der Waals surface area contributed by atoms with Crippen LogP contribution in [0.3, 0.4) is 0 Å². The van der Waals surface area contributed by atoms with Gasteiger partial charge in [-0.15, -0.1) is 0 Å². The smallest absolute Gasteiger partial charge is 0.306 e. The van der Waals surface area contributed by atoms with Crippen LogP contribution >= 0.6 is 0 Å². The molecule has 1 aromatic rings. The van der Waals surface area contributed by atoms with Gasteiger partial charge in [0.15, 0.2) is 0 Å². The van der Waals surface area contributed by atoms with Gasteiger partial charge in [-0.25, -0.2) is 0 Å². The molecule has 0 aliphatic rings. The van der Waals surface area contributed by atoms with E-state index in [1.165, 1.54) is 7.11 Å². The highest BCUT2D eigenvalue weighted by molar-refractivity contribution is 5.71. The van der Waals surface area contributed by atoms with Gasteiger partial charge >= 0.3 is 5.97 Å². The lowest BCUT2D eigenvalue weighted by atomic mass is 9.78. The highest BCUT2D eigenvalue weighted by Crippen LogP contribution is 2.34. The fourth-order valence-corrected chi connectivity index (χ4v) is 1.96. The van der Waals surface area contributed by atoms with Crippen LogP contribution < -0.4 is 10.5 Å². The van der Waals surface area contributed by atoms with Crippen molar-refractivity contribution in [3.05, 3.63) is 29.3 Å². The summed E-state index contributed by atoms with van der Waals surface area (Å²) in [6.07, 6.45) is 0.236. The van der Waals surface area contributed by atoms with Gasteiger partial charge in [0.05, 0.1) is 20.6 Å². The van der Waals surface area contributed by atoms with E-state index in [9.17, 15) is 4.79 Å². The van der Waals surface area contributed by atoms with E-state index in [1.807, 2.05) is 32.0 Å². The summed E-state index contributed by atoms with van der Waals surface area (Å²) in [5, 5.41) is 0. The Labute approximate surface area is 108 Å². The number of esters is 1. The standard InChI is InChI=1S/C14H21NO3/c1-10-5-6-12(17-3)11(7-10)14(2,9-15)8-13(16)18-4/h5-7H,8-9,15H2,1-4H3. The van der Waals surface area contributed by atoms with Crippen molar-refractivity contribution in [1.82, 2.24) is 0 Å². The molecule has 0 radical (unpaired) electrons. The molecular weight excluding hydrogens is 230 g/mol. The molecule has 1 rings (SSSR count). The third kappa shape index (κ3) is 3.01. The molecule has 0 saturated carbocycles. The molecule has 18 heavy (non-hydrogen) atoms. The summed E-state index contributed by atoms with van der Waals surface area (Å²) < 4.78 is 10.1. The van der Waals surface area contributed by atoms with Crippen molar-refractivity contribution in [2.45, 2.75) is 25.7 Å². The Morgan fingerprint density at radius 1 is 1.39 bits per heavy atom. The van der Waals surface area contributed by atoms with Crippen molar-refractivity contribution in [3.63, 3.8) is 0 Å². The Morgan fingerprint density at radius 3 is 2.56 bits per heavy atom. The number of benzene rings is 1. The summed E-state index contributed by atoms with van der Waals surface area (Å²) >= 11 is 0. The maximum Gasteiger partial charge on any atom is 0.306 e. The minimum absolute atomic E-state index is 0.236. The second-order valence-electron chi connectivity index (χ2n) is 4.72. The SMILES string of the molecule is COC(=O)CC(C)(CN)c1cc(C)ccc1OC. The van der Waals surface area contributed by atoms with Crippen LogP contribution in [0.15, 0.2) is 18.2 Å². The average molecular weight is 251 g/mol. The van der Waals surface area contributed by atoms with Crippen LogP contribution in [0.2, 0.25) is 0 Å². The third-order valence-electron chi connectivity index (χ3n) is 3.22. The van der Waals surface area contributed by atoms with Crippen LogP contribution in [0.25, 0.3) is 0 Å². The first-order valence-corrected chi connectivity index (χ1v) is 5.89. The number of nitrogens with two attached hydrogens (primary N) is 1. The zero-order valence-corrected chi connectivity index (χ0v) is 11.4. The summed E-state index contributed by atoms with van der Waals surface area (Å²) in [7, 11) is 3.00. The quantitative estimate of drug-likeness (QED) is 0.810. The lowest BCUT2D eigenvalue weighted by molar-refractivity contribution is -0.141. The van der Waals surface area contributed by atoms with E-state index in [2.05, 4.69) is 0 Å². The molecule has 1 aromatic carbocycles. The van der Waals surface area contributed by atoms with Gasteiger partial charge in [-0.3, -0.25) is 4.79 Å². The molecule has 4 nitrogen and oxygen atoms in total. The summed E-state index contributed by atoms with van der Waals surface area (Å²) in [5.74, 6) is 0.476. The Bertz CT molecular complexity index is 431. The predicted molar refractivity (Wildman–Crippen MR) is 70.8 cm³/mol.